The van der Waals surface area contributed by atoms with Gasteiger partial charge in [-0.1, -0.05) is 12.1 Å². The number of carbonyl (C=O) groups is 2. The van der Waals surface area contributed by atoms with Crippen LogP contribution in [-0.2, 0) is 4.79 Å². The van der Waals surface area contributed by atoms with Crippen LogP contribution in [0.15, 0.2) is 42.5 Å². The lowest BCUT2D eigenvalue weighted by molar-refractivity contribution is -0.123. The van der Waals surface area contributed by atoms with Crippen LogP contribution in [0.4, 0.5) is 4.39 Å². The third-order valence-corrected chi connectivity index (χ3v) is 3.15. The first-order chi connectivity index (χ1) is 11.6. The fourth-order valence-electron chi connectivity index (χ4n) is 1.98. The Morgan fingerprint density at radius 2 is 1.88 bits per heavy atom. The Morgan fingerprint density at radius 1 is 1.08 bits per heavy atom. The first kappa shape index (κ1) is 15.6. The highest BCUT2D eigenvalue weighted by Crippen LogP contribution is 2.32. The third kappa shape index (κ3) is 3.54. The first-order valence-corrected chi connectivity index (χ1v) is 6.99. The highest BCUT2D eigenvalue weighted by Gasteiger charge is 2.16. The number of hydrogen-bond donors (Lipinski definition) is 2. The van der Waals surface area contributed by atoms with Gasteiger partial charge in [0.15, 0.2) is 29.7 Å². The van der Waals surface area contributed by atoms with Crippen LogP contribution in [0.2, 0.25) is 0 Å². The van der Waals surface area contributed by atoms with E-state index in [4.69, 9.17) is 14.2 Å². The molecular formula is C16H13FN2O5. The number of halogens is 1. The summed E-state index contributed by atoms with van der Waals surface area (Å²) in [6, 6.07) is 10.3. The zero-order chi connectivity index (χ0) is 16.9. The molecule has 1 aliphatic rings. The molecule has 3 rings (SSSR count). The van der Waals surface area contributed by atoms with Crippen molar-refractivity contribution in [3.63, 3.8) is 0 Å². The number of amides is 2. The molecule has 0 fully saturated rings. The molecule has 2 aromatic carbocycles. The normalized spacial score (nSPS) is 11.7. The molecule has 8 heteroatoms. The minimum atomic E-state index is -0.632. The number of rotatable bonds is 4. The summed E-state index contributed by atoms with van der Waals surface area (Å²) in [5, 5.41) is 0. The number of hydrazine groups is 1. The van der Waals surface area contributed by atoms with E-state index in [1.54, 1.807) is 12.1 Å². The Balaban J connectivity index is 1.49. The van der Waals surface area contributed by atoms with E-state index in [0.29, 0.717) is 11.5 Å². The van der Waals surface area contributed by atoms with E-state index in [2.05, 4.69) is 10.9 Å². The molecule has 2 aromatic rings. The molecule has 0 unspecified atom stereocenters. The van der Waals surface area contributed by atoms with Crippen LogP contribution >= 0.6 is 0 Å². The van der Waals surface area contributed by atoms with E-state index < -0.39 is 24.2 Å². The van der Waals surface area contributed by atoms with Gasteiger partial charge in [0.2, 0.25) is 6.79 Å². The van der Waals surface area contributed by atoms with Gasteiger partial charge in [-0.05, 0) is 30.3 Å². The van der Waals surface area contributed by atoms with Gasteiger partial charge in [-0.2, -0.15) is 0 Å². The van der Waals surface area contributed by atoms with Crippen molar-refractivity contribution in [2.45, 2.75) is 0 Å². The highest BCUT2D eigenvalue weighted by molar-refractivity contribution is 5.96. The molecule has 0 radical (unpaired) electrons. The Kier molecular flexibility index (Phi) is 4.46. The van der Waals surface area contributed by atoms with Crippen molar-refractivity contribution in [2.75, 3.05) is 13.4 Å². The smallest absolute Gasteiger partial charge is 0.276 e. The quantitative estimate of drug-likeness (QED) is 0.827. The summed E-state index contributed by atoms with van der Waals surface area (Å²) in [6.45, 7) is -0.340. The minimum Gasteiger partial charge on any atom is -0.481 e. The SMILES string of the molecule is O=C(COc1ccccc1F)NNC(=O)c1ccc2c(c1)OCO2. The van der Waals surface area contributed by atoms with Gasteiger partial charge < -0.3 is 14.2 Å². The fraction of sp³-hybridized carbons (Fsp3) is 0.125. The van der Waals surface area contributed by atoms with Gasteiger partial charge in [-0.15, -0.1) is 0 Å². The zero-order valence-corrected chi connectivity index (χ0v) is 12.4. The van der Waals surface area contributed by atoms with Crippen LogP contribution in [0.25, 0.3) is 0 Å². The van der Waals surface area contributed by atoms with E-state index >= 15 is 0 Å². The number of fused-ring (bicyclic) bond motifs is 1. The molecule has 0 saturated heterocycles. The molecule has 2 amide bonds. The van der Waals surface area contributed by atoms with Gasteiger partial charge in [0, 0.05) is 5.56 Å². The summed E-state index contributed by atoms with van der Waals surface area (Å²) in [6.07, 6.45) is 0. The predicted molar refractivity (Wildman–Crippen MR) is 80.1 cm³/mol. The number of hydrogen-bond acceptors (Lipinski definition) is 5. The maximum Gasteiger partial charge on any atom is 0.276 e. The summed E-state index contributed by atoms with van der Waals surface area (Å²) in [5.74, 6) is -0.782. The lowest BCUT2D eigenvalue weighted by Gasteiger charge is -2.09. The average molecular weight is 332 g/mol. The lowest BCUT2D eigenvalue weighted by atomic mass is 10.2. The molecule has 1 heterocycles. The molecule has 24 heavy (non-hydrogen) atoms. The standard InChI is InChI=1S/C16H13FN2O5/c17-11-3-1-2-4-12(11)22-8-15(20)18-19-16(21)10-5-6-13-14(7-10)24-9-23-13/h1-7H,8-9H2,(H,18,20)(H,19,21). The molecule has 0 saturated carbocycles. The van der Waals surface area contributed by atoms with E-state index in [9.17, 15) is 14.0 Å². The van der Waals surface area contributed by atoms with Gasteiger partial charge in [0.1, 0.15) is 0 Å². The van der Waals surface area contributed by atoms with Crippen molar-refractivity contribution < 1.29 is 28.2 Å². The number of ether oxygens (including phenoxy) is 3. The topological polar surface area (TPSA) is 85.9 Å². The second-order valence-electron chi connectivity index (χ2n) is 4.79. The maximum atomic E-state index is 13.3. The maximum absolute atomic E-state index is 13.3. The van der Waals surface area contributed by atoms with Gasteiger partial charge >= 0.3 is 0 Å². The summed E-state index contributed by atoms with van der Waals surface area (Å²) in [4.78, 5) is 23.6. The van der Waals surface area contributed by atoms with Gasteiger partial charge in [0.25, 0.3) is 11.8 Å². The van der Waals surface area contributed by atoms with Crippen molar-refractivity contribution in [1.82, 2.24) is 10.9 Å². The van der Waals surface area contributed by atoms with Crippen LogP contribution in [0.1, 0.15) is 10.4 Å². The highest BCUT2D eigenvalue weighted by atomic mass is 19.1. The summed E-state index contributed by atoms with van der Waals surface area (Å²) in [5.41, 5.74) is 4.70. The molecule has 2 N–H and O–H groups in total. The largest absolute Gasteiger partial charge is 0.481 e. The van der Waals surface area contributed by atoms with Crippen LogP contribution in [0.3, 0.4) is 0 Å². The second-order valence-corrected chi connectivity index (χ2v) is 4.79. The predicted octanol–water partition coefficient (Wildman–Crippen LogP) is 1.39. The van der Waals surface area contributed by atoms with Crippen LogP contribution < -0.4 is 25.1 Å². The Hall–Kier alpha value is -3.29. The van der Waals surface area contributed by atoms with Gasteiger partial charge in [-0.3, -0.25) is 20.4 Å². The van der Waals surface area contributed by atoms with Crippen molar-refractivity contribution >= 4 is 11.8 Å². The average Bonchev–Trinajstić information content (AvgIpc) is 3.06. The molecule has 0 aliphatic carbocycles. The zero-order valence-electron chi connectivity index (χ0n) is 12.4. The molecule has 0 aromatic heterocycles. The van der Waals surface area contributed by atoms with Crippen LogP contribution in [0.5, 0.6) is 17.2 Å². The fourth-order valence-corrected chi connectivity index (χ4v) is 1.98. The Bertz CT molecular complexity index is 781. The summed E-state index contributed by atoms with van der Waals surface area (Å²) < 4.78 is 28.7. The molecule has 7 nitrogen and oxygen atoms in total. The van der Waals surface area contributed by atoms with Gasteiger partial charge in [0.05, 0.1) is 0 Å². The third-order valence-electron chi connectivity index (χ3n) is 3.15. The molecule has 124 valence electrons. The number of carbonyl (C=O) groups excluding carboxylic acids is 2. The first-order valence-electron chi connectivity index (χ1n) is 6.99. The van der Waals surface area contributed by atoms with E-state index in [-0.39, 0.29) is 18.1 Å². The van der Waals surface area contributed by atoms with Crippen molar-refractivity contribution in [3.8, 4) is 17.2 Å². The van der Waals surface area contributed by atoms with Crippen molar-refractivity contribution in [1.29, 1.82) is 0 Å². The molecular weight excluding hydrogens is 319 g/mol. The lowest BCUT2D eigenvalue weighted by Crippen LogP contribution is -2.43. The van der Waals surface area contributed by atoms with E-state index in [0.717, 1.165) is 0 Å². The van der Waals surface area contributed by atoms with Crippen LogP contribution in [-0.4, -0.2) is 25.2 Å². The molecule has 0 bridgehead atoms. The van der Waals surface area contributed by atoms with E-state index in [1.807, 2.05) is 0 Å². The Morgan fingerprint density at radius 3 is 2.71 bits per heavy atom. The molecule has 0 spiro atoms. The monoisotopic (exact) mass is 332 g/mol. The Labute approximate surface area is 136 Å². The molecule has 1 aliphatic heterocycles. The number of nitrogens with one attached hydrogen (secondary N) is 2. The summed E-state index contributed by atoms with van der Waals surface area (Å²) >= 11 is 0. The number of para-hydroxylation sites is 1. The molecule has 0 atom stereocenters. The minimum absolute atomic E-state index is 0.0465. The van der Waals surface area contributed by atoms with Crippen LogP contribution in [0, 0.1) is 5.82 Å². The van der Waals surface area contributed by atoms with Gasteiger partial charge in [-0.25, -0.2) is 4.39 Å². The van der Waals surface area contributed by atoms with Crippen molar-refractivity contribution in [2.24, 2.45) is 0 Å². The second kappa shape index (κ2) is 6.86. The van der Waals surface area contributed by atoms with E-state index in [1.165, 1.54) is 30.3 Å². The summed E-state index contributed by atoms with van der Waals surface area (Å²) in [7, 11) is 0. The number of benzene rings is 2. The van der Waals surface area contributed by atoms with Crippen molar-refractivity contribution in [3.05, 3.63) is 53.8 Å².